The minimum absolute atomic E-state index is 0.169. The number of unbranched alkanes of at least 4 members (excludes halogenated alkanes) is 2. The smallest absolute Gasteiger partial charge is 0.416 e. The number of hydrogen-bond acceptors (Lipinski definition) is 4. The van der Waals surface area contributed by atoms with Crippen LogP contribution < -0.4 is 0 Å². The van der Waals surface area contributed by atoms with Crippen LogP contribution in [0.25, 0.3) is 0 Å². The van der Waals surface area contributed by atoms with Gasteiger partial charge >= 0.3 is 6.18 Å². The molecular formula is C35H43F4NO2S. The third kappa shape index (κ3) is 6.25. The average molecular weight is 618 g/mol. The first-order chi connectivity index (χ1) is 20.5. The number of carbonyl (C=O) groups is 1. The van der Waals surface area contributed by atoms with E-state index >= 15 is 4.39 Å². The highest BCUT2D eigenvalue weighted by molar-refractivity contribution is 7.99. The summed E-state index contributed by atoms with van der Waals surface area (Å²) in [5.74, 6) is 1.88. The molecule has 43 heavy (non-hydrogen) atoms. The molecule has 3 nitrogen and oxygen atoms in total. The van der Waals surface area contributed by atoms with E-state index in [4.69, 9.17) is 0 Å². The SMILES string of the molecule is C[C@]12C[C@H](F)[C@@H]3c4ccc(O)cc4C[C@@H](CCCCCN4CCC[C@H]4CSc4ccc(C(F)(F)F)cc4)[C@H]3[C@@H]1CCC2=O. The molecule has 2 aromatic rings. The summed E-state index contributed by atoms with van der Waals surface area (Å²) in [7, 11) is 0. The minimum Gasteiger partial charge on any atom is -0.508 e. The van der Waals surface area contributed by atoms with Gasteiger partial charge in [0.05, 0.1) is 5.56 Å². The van der Waals surface area contributed by atoms with Gasteiger partial charge in [-0.25, -0.2) is 4.39 Å². The van der Waals surface area contributed by atoms with Crippen molar-refractivity contribution in [2.45, 2.75) is 100 Å². The Morgan fingerprint density at radius 2 is 1.86 bits per heavy atom. The number of ketones is 1. The van der Waals surface area contributed by atoms with E-state index in [1.54, 1.807) is 30.0 Å². The number of fused-ring (bicyclic) bond motifs is 5. The number of halogens is 4. The molecule has 0 aromatic heterocycles. The lowest BCUT2D eigenvalue weighted by Gasteiger charge is -2.53. The molecule has 0 radical (unpaired) electrons. The Hall–Kier alpha value is -2.06. The molecule has 2 aromatic carbocycles. The fraction of sp³-hybridized carbons (Fsp3) is 0.629. The van der Waals surface area contributed by atoms with Gasteiger partial charge in [0, 0.05) is 34.4 Å². The van der Waals surface area contributed by atoms with Crippen LogP contribution in [0.2, 0.25) is 0 Å². The molecule has 0 amide bonds. The van der Waals surface area contributed by atoms with E-state index in [9.17, 15) is 23.1 Å². The molecule has 0 unspecified atom stereocenters. The molecule has 0 spiro atoms. The molecule has 4 aliphatic rings. The van der Waals surface area contributed by atoms with Gasteiger partial charge in [-0.3, -0.25) is 9.69 Å². The molecule has 234 valence electrons. The van der Waals surface area contributed by atoms with Crippen LogP contribution in [0.4, 0.5) is 17.6 Å². The molecule has 3 fully saturated rings. The molecule has 0 bridgehead atoms. The maximum Gasteiger partial charge on any atom is 0.416 e. The van der Waals surface area contributed by atoms with E-state index in [1.807, 2.05) is 19.1 Å². The number of thioether (sulfide) groups is 1. The predicted molar refractivity (Wildman–Crippen MR) is 162 cm³/mol. The summed E-state index contributed by atoms with van der Waals surface area (Å²) >= 11 is 1.64. The molecule has 1 heterocycles. The molecule has 6 rings (SSSR count). The van der Waals surface area contributed by atoms with Crippen LogP contribution in [0.1, 0.15) is 87.3 Å². The van der Waals surface area contributed by atoms with Gasteiger partial charge in [0.2, 0.25) is 0 Å². The standard InChI is InChI=1S/C35H43F4NO2S/c1-34-20-30(36)33-28-13-10-26(41)19-23(28)18-22(32(33)29(34)14-15-31(34)42)6-3-2-4-16-40-17-5-7-25(40)21-43-27-11-8-24(9-12-27)35(37,38)39/h8-13,19,22,25,29-30,32-33,41H,2-7,14-18,20-21H2,1H3/t22-,25+,29+,30+,32+,33+,34+/m1/s1. The van der Waals surface area contributed by atoms with Crippen molar-refractivity contribution in [3.63, 3.8) is 0 Å². The van der Waals surface area contributed by atoms with Crippen molar-refractivity contribution < 1.29 is 27.5 Å². The number of hydrogen-bond donors (Lipinski definition) is 1. The molecule has 2 saturated carbocycles. The fourth-order valence-corrected chi connectivity index (χ4v) is 10.1. The van der Waals surface area contributed by atoms with E-state index < -0.39 is 23.3 Å². The molecule has 1 aliphatic heterocycles. The Bertz CT molecular complexity index is 1300. The maximum atomic E-state index is 15.9. The van der Waals surface area contributed by atoms with Crippen molar-refractivity contribution >= 4 is 17.5 Å². The van der Waals surface area contributed by atoms with Gasteiger partial charge < -0.3 is 5.11 Å². The summed E-state index contributed by atoms with van der Waals surface area (Å²) in [6, 6.07) is 11.4. The quantitative estimate of drug-likeness (QED) is 0.173. The molecule has 1 saturated heterocycles. The van der Waals surface area contributed by atoms with Crippen LogP contribution in [0.15, 0.2) is 47.4 Å². The number of Topliss-reactive ketones (excluding diaryl/α,β-unsaturated/α-hetero) is 1. The number of alkyl halides is 4. The summed E-state index contributed by atoms with van der Waals surface area (Å²) in [4.78, 5) is 16.3. The van der Waals surface area contributed by atoms with Gasteiger partial charge in [-0.2, -0.15) is 13.2 Å². The largest absolute Gasteiger partial charge is 0.508 e. The number of likely N-dealkylation sites (tertiary alicyclic amines) is 1. The zero-order valence-electron chi connectivity index (χ0n) is 24.9. The predicted octanol–water partition coefficient (Wildman–Crippen LogP) is 8.83. The van der Waals surface area contributed by atoms with Crippen LogP contribution >= 0.6 is 11.8 Å². The monoisotopic (exact) mass is 617 g/mol. The summed E-state index contributed by atoms with van der Waals surface area (Å²) in [5, 5.41) is 10.2. The van der Waals surface area contributed by atoms with Gasteiger partial charge in [0.15, 0.2) is 0 Å². The third-order valence-electron chi connectivity index (χ3n) is 11.2. The zero-order chi connectivity index (χ0) is 30.4. The topological polar surface area (TPSA) is 40.5 Å². The highest BCUT2D eigenvalue weighted by atomic mass is 32.2. The molecule has 3 aliphatic carbocycles. The number of nitrogens with zero attached hydrogens (tertiary/aromatic N) is 1. The van der Waals surface area contributed by atoms with Crippen LogP contribution in [0.5, 0.6) is 5.75 Å². The number of phenolic OH excluding ortho intramolecular Hbond substituents is 1. The Morgan fingerprint density at radius 1 is 1.07 bits per heavy atom. The first-order valence-electron chi connectivity index (χ1n) is 16.1. The second-order valence-corrected chi connectivity index (χ2v) is 14.8. The third-order valence-corrected chi connectivity index (χ3v) is 12.3. The van der Waals surface area contributed by atoms with Crippen molar-refractivity contribution in [1.29, 1.82) is 0 Å². The van der Waals surface area contributed by atoms with Crippen molar-refractivity contribution in [2.75, 3.05) is 18.8 Å². The van der Waals surface area contributed by atoms with E-state index in [0.717, 1.165) is 98.4 Å². The Labute approximate surface area is 256 Å². The number of carbonyl (C=O) groups excluding carboxylic acids is 1. The van der Waals surface area contributed by atoms with Crippen molar-refractivity contribution in [3.8, 4) is 5.75 Å². The van der Waals surface area contributed by atoms with Crippen molar-refractivity contribution in [1.82, 2.24) is 4.90 Å². The van der Waals surface area contributed by atoms with Crippen molar-refractivity contribution in [3.05, 3.63) is 59.2 Å². The maximum absolute atomic E-state index is 15.9. The lowest BCUT2D eigenvalue weighted by atomic mass is 9.51. The minimum atomic E-state index is -4.31. The lowest BCUT2D eigenvalue weighted by Crippen LogP contribution is -2.50. The number of phenols is 1. The Morgan fingerprint density at radius 3 is 2.63 bits per heavy atom. The highest BCUT2D eigenvalue weighted by Gasteiger charge is 2.60. The molecule has 7 atom stereocenters. The Balaban J connectivity index is 1.03. The Kier molecular flexibility index (Phi) is 8.91. The number of aromatic hydroxyl groups is 1. The van der Waals surface area contributed by atoms with E-state index in [-0.39, 0.29) is 29.3 Å². The first kappa shape index (κ1) is 30.9. The van der Waals surface area contributed by atoms with E-state index in [0.29, 0.717) is 24.8 Å². The summed E-state index contributed by atoms with van der Waals surface area (Å²) in [5.41, 5.74) is 0.967. The van der Waals surface area contributed by atoms with E-state index in [2.05, 4.69) is 4.90 Å². The normalized spacial score (nSPS) is 32.4. The summed E-state index contributed by atoms with van der Waals surface area (Å²) < 4.78 is 54.6. The van der Waals surface area contributed by atoms with Gasteiger partial charge in [-0.1, -0.05) is 25.8 Å². The van der Waals surface area contributed by atoms with Crippen LogP contribution in [-0.2, 0) is 17.4 Å². The number of benzene rings is 2. The van der Waals surface area contributed by atoms with Gasteiger partial charge in [0.1, 0.15) is 17.7 Å². The second-order valence-electron chi connectivity index (χ2n) is 13.7. The molecule has 8 heteroatoms. The van der Waals surface area contributed by atoms with Crippen LogP contribution in [0, 0.1) is 23.2 Å². The van der Waals surface area contributed by atoms with E-state index in [1.165, 1.54) is 0 Å². The van der Waals surface area contributed by atoms with Crippen LogP contribution in [-0.4, -0.2) is 46.8 Å². The first-order valence-corrected chi connectivity index (χ1v) is 17.1. The van der Waals surface area contributed by atoms with Gasteiger partial charge in [-0.15, -0.1) is 11.8 Å². The summed E-state index contributed by atoms with van der Waals surface area (Å²) in [6.07, 6.45) is 3.79. The van der Waals surface area contributed by atoms with Crippen molar-refractivity contribution in [2.24, 2.45) is 23.2 Å². The lowest BCUT2D eigenvalue weighted by molar-refractivity contribution is -0.137. The number of rotatable bonds is 9. The average Bonchev–Trinajstić information content (AvgIpc) is 3.53. The fourth-order valence-electron chi connectivity index (χ4n) is 9.04. The highest BCUT2D eigenvalue weighted by Crippen LogP contribution is 2.62. The zero-order valence-corrected chi connectivity index (χ0v) is 25.7. The molecule has 1 N–H and O–H groups in total. The second kappa shape index (κ2) is 12.4. The molecular weight excluding hydrogens is 574 g/mol. The van der Waals surface area contributed by atoms with Gasteiger partial charge in [-0.05, 0) is 123 Å². The van der Waals surface area contributed by atoms with Gasteiger partial charge in [0.25, 0.3) is 0 Å². The summed E-state index contributed by atoms with van der Waals surface area (Å²) in [6.45, 7) is 4.10. The van der Waals surface area contributed by atoms with Crippen LogP contribution in [0.3, 0.4) is 0 Å².